The van der Waals surface area contributed by atoms with Gasteiger partial charge in [-0.1, -0.05) is 12.1 Å². The monoisotopic (exact) mass is 281 g/mol. The smallest absolute Gasteiger partial charge is 0.315 e. The zero-order chi connectivity index (χ0) is 15.0. The van der Waals surface area contributed by atoms with Crippen LogP contribution < -0.4 is 16.0 Å². The fraction of sp³-hybridized carbons (Fsp3) is 0.429. The molecule has 0 unspecified atom stereocenters. The average molecular weight is 281 g/mol. The van der Waals surface area contributed by atoms with E-state index in [0.717, 1.165) is 5.56 Å². The standard InChI is InChI=1S/C14H20FN3O2/c1-3-16-13(19)10(2)18-14(20)17-9-8-11-4-6-12(15)7-5-11/h4-7,10H,3,8-9H2,1-2H3,(H,16,19)(H2,17,18,20)/t10-/m0/s1. The van der Waals surface area contributed by atoms with Gasteiger partial charge in [-0.2, -0.15) is 0 Å². The summed E-state index contributed by atoms with van der Waals surface area (Å²) in [5, 5.41) is 7.81. The van der Waals surface area contributed by atoms with Gasteiger partial charge in [-0.25, -0.2) is 9.18 Å². The lowest BCUT2D eigenvalue weighted by molar-refractivity contribution is -0.122. The highest BCUT2D eigenvalue weighted by Gasteiger charge is 2.13. The molecule has 20 heavy (non-hydrogen) atoms. The van der Waals surface area contributed by atoms with Crippen molar-refractivity contribution < 1.29 is 14.0 Å². The van der Waals surface area contributed by atoms with Crippen molar-refractivity contribution in [1.29, 1.82) is 0 Å². The predicted octanol–water partition coefficient (Wildman–Crippen LogP) is 1.19. The van der Waals surface area contributed by atoms with E-state index in [1.165, 1.54) is 12.1 Å². The Morgan fingerprint density at radius 3 is 2.45 bits per heavy atom. The number of hydrogen-bond acceptors (Lipinski definition) is 2. The fourth-order valence-electron chi connectivity index (χ4n) is 1.61. The Morgan fingerprint density at radius 1 is 1.20 bits per heavy atom. The van der Waals surface area contributed by atoms with E-state index >= 15 is 0 Å². The van der Waals surface area contributed by atoms with E-state index in [-0.39, 0.29) is 11.7 Å². The first-order valence-corrected chi connectivity index (χ1v) is 6.59. The van der Waals surface area contributed by atoms with Crippen LogP contribution in [0.3, 0.4) is 0 Å². The predicted molar refractivity (Wildman–Crippen MR) is 74.8 cm³/mol. The van der Waals surface area contributed by atoms with Crippen LogP contribution in [-0.4, -0.2) is 31.1 Å². The van der Waals surface area contributed by atoms with Gasteiger partial charge in [0.15, 0.2) is 0 Å². The highest BCUT2D eigenvalue weighted by molar-refractivity contribution is 5.86. The molecule has 3 N–H and O–H groups in total. The molecule has 0 aliphatic rings. The molecule has 0 aromatic heterocycles. The second-order valence-corrected chi connectivity index (χ2v) is 4.39. The van der Waals surface area contributed by atoms with E-state index in [0.29, 0.717) is 19.5 Å². The van der Waals surface area contributed by atoms with Gasteiger partial charge in [0, 0.05) is 13.1 Å². The van der Waals surface area contributed by atoms with Crippen molar-refractivity contribution in [3.63, 3.8) is 0 Å². The maximum atomic E-state index is 12.7. The number of benzene rings is 1. The lowest BCUT2D eigenvalue weighted by atomic mass is 10.1. The summed E-state index contributed by atoms with van der Waals surface area (Å²) in [7, 11) is 0. The molecular formula is C14H20FN3O2. The third-order valence-corrected chi connectivity index (χ3v) is 2.70. The minimum absolute atomic E-state index is 0.221. The molecule has 0 aliphatic carbocycles. The van der Waals surface area contributed by atoms with Crippen molar-refractivity contribution in [3.8, 4) is 0 Å². The highest BCUT2D eigenvalue weighted by atomic mass is 19.1. The second kappa shape index (κ2) is 8.14. The first kappa shape index (κ1) is 15.9. The van der Waals surface area contributed by atoms with Gasteiger partial charge >= 0.3 is 6.03 Å². The third kappa shape index (κ3) is 5.69. The Morgan fingerprint density at radius 2 is 1.85 bits per heavy atom. The number of urea groups is 1. The van der Waals surface area contributed by atoms with Crippen LogP contribution in [-0.2, 0) is 11.2 Å². The molecule has 0 saturated carbocycles. The molecule has 3 amide bonds. The van der Waals surface area contributed by atoms with Crippen LogP contribution in [0.15, 0.2) is 24.3 Å². The van der Waals surface area contributed by atoms with Crippen LogP contribution in [0, 0.1) is 5.82 Å². The molecule has 6 heteroatoms. The molecule has 1 aromatic rings. The molecule has 1 atom stereocenters. The Balaban J connectivity index is 2.26. The van der Waals surface area contributed by atoms with Crippen LogP contribution in [0.2, 0.25) is 0 Å². The fourth-order valence-corrected chi connectivity index (χ4v) is 1.61. The molecule has 110 valence electrons. The molecule has 1 rings (SSSR count). The van der Waals surface area contributed by atoms with E-state index in [2.05, 4.69) is 16.0 Å². The molecular weight excluding hydrogens is 261 g/mol. The van der Waals surface area contributed by atoms with E-state index in [1.54, 1.807) is 19.1 Å². The number of nitrogens with one attached hydrogen (secondary N) is 3. The van der Waals surface area contributed by atoms with Gasteiger partial charge in [0.1, 0.15) is 11.9 Å². The number of carbonyl (C=O) groups excluding carboxylic acids is 2. The van der Waals surface area contributed by atoms with Gasteiger partial charge in [-0.3, -0.25) is 4.79 Å². The molecule has 1 aromatic carbocycles. The summed E-state index contributed by atoms with van der Waals surface area (Å²) in [6.07, 6.45) is 0.600. The zero-order valence-corrected chi connectivity index (χ0v) is 11.7. The molecule has 0 saturated heterocycles. The Kier molecular flexibility index (Phi) is 6.49. The second-order valence-electron chi connectivity index (χ2n) is 4.39. The number of rotatable bonds is 6. The van der Waals surface area contributed by atoms with Gasteiger partial charge in [-0.15, -0.1) is 0 Å². The van der Waals surface area contributed by atoms with Crippen LogP contribution in [0.5, 0.6) is 0 Å². The first-order chi connectivity index (χ1) is 9.52. The van der Waals surface area contributed by atoms with Crippen molar-refractivity contribution in [3.05, 3.63) is 35.6 Å². The van der Waals surface area contributed by atoms with Gasteiger partial charge in [0.25, 0.3) is 0 Å². The maximum Gasteiger partial charge on any atom is 0.315 e. The van der Waals surface area contributed by atoms with Crippen LogP contribution in [0.25, 0.3) is 0 Å². The third-order valence-electron chi connectivity index (χ3n) is 2.70. The van der Waals surface area contributed by atoms with Gasteiger partial charge in [0.05, 0.1) is 0 Å². The topological polar surface area (TPSA) is 70.2 Å². The van der Waals surface area contributed by atoms with E-state index in [9.17, 15) is 14.0 Å². The summed E-state index contributed by atoms with van der Waals surface area (Å²) in [5.41, 5.74) is 0.934. The molecule has 0 radical (unpaired) electrons. The van der Waals surface area contributed by atoms with Gasteiger partial charge < -0.3 is 16.0 Å². The van der Waals surface area contributed by atoms with Crippen molar-refractivity contribution in [2.45, 2.75) is 26.3 Å². The quantitative estimate of drug-likeness (QED) is 0.733. The normalized spacial score (nSPS) is 11.6. The zero-order valence-electron chi connectivity index (χ0n) is 11.7. The lowest BCUT2D eigenvalue weighted by Crippen LogP contribution is -2.48. The number of halogens is 1. The molecule has 0 bridgehead atoms. The molecule has 0 aliphatic heterocycles. The summed E-state index contributed by atoms with van der Waals surface area (Å²) in [6.45, 7) is 4.37. The maximum absolute atomic E-state index is 12.7. The minimum atomic E-state index is -0.583. The van der Waals surface area contributed by atoms with E-state index < -0.39 is 12.1 Å². The summed E-state index contributed by atoms with van der Waals surface area (Å²) in [6, 6.07) is 5.13. The number of amides is 3. The summed E-state index contributed by atoms with van der Waals surface area (Å²) >= 11 is 0. The van der Waals surface area contributed by atoms with Gasteiger partial charge in [0.2, 0.25) is 5.91 Å². The Labute approximate surface area is 117 Å². The van der Waals surface area contributed by atoms with E-state index in [4.69, 9.17) is 0 Å². The van der Waals surface area contributed by atoms with Gasteiger partial charge in [-0.05, 0) is 38.0 Å². The summed E-state index contributed by atoms with van der Waals surface area (Å²) in [5.74, 6) is -0.503. The van der Waals surface area contributed by atoms with Crippen LogP contribution in [0.4, 0.5) is 9.18 Å². The summed E-state index contributed by atoms with van der Waals surface area (Å²) < 4.78 is 12.7. The van der Waals surface area contributed by atoms with Crippen molar-refractivity contribution in [1.82, 2.24) is 16.0 Å². The Hall–Kier alpha value is -2.11. The Bertz CT molecular complexity index is 448. The largest absolute Gasteiger partial charge is 0.355 e. The highest BCUT2D eigenvalue weighted by Crippen LogP contribution is 2.02. The number of likely N-dealkylation sites (N-methyl/N-ethyl adjacent to an activating group) is 1. The molecule has 0 spiro atoms. The molecule has 0 fully saturated rings. The van der Waals surface area contributed by atoms with E-state index in [1.807, 2.05) is 6.92 Å². The summed E-state index contributed by atoms with van der Waals surface area (Å²) in [4.78, 5) is 23.0. The first-order valence-electron chi connectivity index (χ1n) is 6.59. The van der Waals surface area contributed by atoms with Crippen LogP contribution >= 0.6 is 0 Å². The minimum Gasteiger partial charge on any atom is -0.355 e. The number of carbonyl (C=O) groups is 2. The number of hydrogen-bond donors (Lipinski definition) is 3. The SMILES string of the molecule is CCNC(=O)[C@H](C)NC(=O)NCCc1ccc(F)cc1. The van der Waals surface area contributed by atoms with Crippen molar-refractivity contribution >= 4 is 11.9 Å². The van der Waals surface area contributed by atoms with Crippen LogP contribution in [0.1, 0.15) is 19.4 Å². The van der Waals surface area contributed by atoms with Crippen molar-refractivity contribution in [2.24, 2.45) is 0 Å². The lowest BCUT2D eigenvalue weighted by Gasteiger charge is -2.14. The van der Waals surface area contributed by atoms with Crippen molar-refractivity contribution in [2.75, 3.05) is 13.1 Å². The molecule has 0 heterocycles. The molecule has 5 nitrogen and oxygen atoms in total. The average Bonchev–Trinajstić information content (AvgIpc) is 2.41.